The van der Waals surface area contributed by atoms with Crippen LogP contribution in [0.25, 0.3) is 0 Å². The van der Waals surface area contributed by atoms with Crippen molar-refractivity contribution in [3.05, 3.63) is 35.4 Å². The SMILES string of the molecule is CCC(C)c1ccc(C[N+](C)(C)C[N+](C)(C)C)cc1. The third-order valence-electron chi connectivity index (χ3n) is 3.58. The highest BCUT2D eigenvalue weighted by molar-refractivity contribution is 5.24. The molecule has 0 N–H and O–H groups in total. The van der Waals surface area contributed by atoms with E-state index in [0.717, 1.165) is 22.2 Å². The standard InChI is InChI=1S/C17H32N2/c1-8-15(2)17-11-9-16(10-12-17)13-19(6,7)14-18(3,4)5/h9-12,15H,8,13-14H2,1-7H3/q+2. The summed E-state index contributed by atoms with van der Waals surface area (Å²) < 4.78 is 2.02. The van der Waals surface area contributed by atoms with Crippen LogP contribution in [0, 0.1) is 0 Å². The molecule has 0 aliphatic rings. The molecule has 1 unspecified atom stereocenters. The van der Waals surface area contributed by atoms with E-state index < -0.39 is 0 Å². The maximum atomic E-state index is 2.31. The van der Waals surface area contributed by atoms with Gasteiger partial charge in [0.2, 0.25) is 6.67 Å². The Bertz CT molecular complexity index is 385. The Morgan fingerprint density at radius 2 is 1.47 bits per heavy atom. The van der Waals surface area contributed by atoms with Gasteiger partial charge < -0.3 is 0 Å². The van der Waals surface area contributed by atoms with E-state index in [0.29, 0.717) is 5.92 Å². The molecule has 2 nitrogen and oxygen atoms in total. The summed E-state index contributed by atoms with van der Waals surface area (Å²) in [5.74, 6) is 0.669. The number of hydrogen-bond acceptors (Lipinski definition) is 0. The summed E-state index contributed by atoms with van der Waals surface area (Å²) >= 11 is 0. The molecule has 1 aromatic carbocycles. The molecule has 0 fully saturated rings. The fraction of sp³-hybridized carbons (Fsp3) is 0.647. The zero-order valence-corrected chi connectivity index (χ0v) is 13.9. The van der Waals surface area contributed by atoms with Gasteiger partial charge in [0.1, 0.15) is 6.54 Å². The van der Waals surface area contributed by atoms with E-state index in [-0.39, 0.29) is 0 Å². The minimum Gasteiger partial charge on any atom is -0.284 e. The molecule has 0 saturated carbocycles. The fourth-order valence-corrected chi connectivity index (χ4v) is 2.88. The summed E-state index contributed by atoms with van der Waals surface area (Å²) in [5, 5.41) is 0. The Hall–Kier alpha value is -0.860. The summed E-state index contributed by atoms with van der Waals surface area (Å²) in [6.45, 7) is 6.77. The van der Waals surface area contributed by atoms with Crippen molar-refractivity contribution in [2.45, 2.75) is 32.7 Å². The number of quaternary nitrogens is 2. The van der Waals surface area contributed by atoms with Crippen LogP contribution in [0.2, 0.25) is 0 Å². The Morgan fingerprint density at radius 1 is 0.947 bits per heavy atom. The number of nitrogens with zero attached hydrogens (tertiary/aromatic N) is 2. The topological polar surface area (TPSA) is 0 Å². The van der Waals surface area contributed by atoms with E-state index in [1.807, 2.05) is 0 Å². The Morgan fingerprint density at radius 3 is 1.89 bits per heavy atom. The maximum absolute atomic E-state index is 2.31. The Labute approximate surface area is 119 Å². The number of hydrogen-bond donors (Lipinski definition) is 0. The number of benzene rings is 1. The van der Waals surface area contributed by atoms with Gasteiger partial charge in [-0.3, -0.25) is 8.97 Å². The van der Waals surface area contributed by atoms with Crippen LogP contribution in [0.4, 0.5) is 0 Å². The van der Waals surface area contributed by atoms with Crippen LogP contribution in [-0.4, -0.2) is 50.9 Å². The van der Waals surface area contributed by atoms with Crippen LogP contribution < -0.4 is 0 Å². The molecule has 0 bridgehead atoms. The highest BCUT2D eigenvalue weighted by atomic mass is 15.5. The summed E-state index contributed by atoms with van der Waals surface area (Å²) in [6.07, 6.45) is 1.21. The van der Waals surface area contributed by atoms with Gasteiger partial charge in [-0.05, 0) is 17.9 Å². The van der Waals surface area contributed by atoms with Crippen molar-refractivity contribution >= 4 is 0 Å². The van der Waals surface area contributed by atoms with E-state index in [9.17, 15) is 0 Å². The molecule has 108 valence electrons. The lowest BCUT2D eigenvalue weighted by atomic mass is 9.97. The maximum Gasteiger partial charge on any atom is 0.206 e. The quantitative estimate of drug-likeness (QED) is 0.545. The first kappa shape index (κ1) is 16.2. The van der Waals surface area contributed by atoms with Crippen molar-refractivity contribution in [1.29, 1.82) is 0 Å². The van der Waals surface area contributed by atoms with E-state index in [1.165, 1.54) is 17.5 Å². The van der Waals surface area contributed by atoms with Crippen molar-refractivity contribution in [2.75, 3.05) is 41.9 Å². The third-order valence-corrected chi connectivity index (χ3v) is 3.58. The zero-order chi connectivity index (χ0) is 14.7. The van der Waals surface area contributed by atoms with E-state index in [2.05, 4.69) is 73.4 Å². The first-order valence-corrected chi connectivity index (χ1v) is 7.34. The fourth-order valence-electron chi connectivity index (χ4n) is 2.88. The molecule has 2 heteroatoms. The van der Waals surface area contributed by atoms with Crippen molar-refractivity contribution in [2.24, 2.45) is 0 Å². The molecule has 0 heterocycles. The van der Waals surface area contributed by atoms with Gasteiger partial charge in [0.05, 0.1) is 35.2 Å². The average Bonchev–Trinajstić information content (AvgIpc) is 2.25. The molecule has 0 amide bonds. The molecular formula is C17H32N2+2. The minimum atomic E-state index is 0.669. The third kappa shape index (κ3) is 5.75. The second-order valence-electron chi connectivity index (χ2n) is 7.58. The highest BCUT2D eigenvalue weighted by Gasteiger charge is 2.24. The lowest BCUT2D eigenvalue weighted by molar-refractivity contribution is -1.07. The highest BCUT2D eigenvalue weighted by Crippen LogP contribution is 2.20. The first-order chi connectivity index (χ1) is 8.63. The van der Waals surface area contributed by atoms with Gasteiger partial charge in [0, 0.05) is 5.56 Å². The second-order valence-corrected chi connectivity index (χ2v) is 7.58. The molecule has 1 atom stereocenters. The van der Waals surface area contributed by atoms with Crippen LogP contribution >= 0.6 is 0 Å². The molecule has 0 spiro atoms. The second kappa shape index (κ2) is 6.06. The van der Waals surface area contributed by atoms with E-state index in [1.54, 1.807) is 0 Å². The van der Waals surface area contributed by atoms with Crippen molar-refractivity contribution in [3.63, 3.8) is 0 Å². The smallest absolute Gasteiger partial charge is 0.206 e. The van der Waals surface area contributed by atoms with Gasteiger partial charge in [-0.25, -0.2) is 0 Å². The Balaban J connectivity index is 2.72. The lowest BCUT2D eigenvalue weighted by Crippen LogP contribution is -2.53. The zero-order valence-electron chi connectivity index (χ0n) is 13.9. The van der Waals surface area contributed by atoms with E-state index in [4.69, 9.17) is 0 Å². The van der Waals surface area contributed by atoms with Gasteiger partial charge in [-0.15, -0.1) is 0 Å². The first-order valence-electron chi connectivity index (χ1n) is 7.34. The van der Waals surface area contributed by atoms with E-state index >= 15 is 0 Å². The Kier molecular flexibility index (Phi) is 5.17. The summed E-state index contributed by atoms with van der Waals surface area (Å²) in [7, 11) is 11.4. The molecule has 0 aliphatic carbocycles. The molecular weight excluding hydrogens is 232 g/mol. The van der Waals surface area contributed by atoms with Gasteiger partial charge in [0.25, 0.3) is 0 Å². The van der Waals surface area contributed by atoms with Gasteiger partial charge in [-0.1, -0.05) is 38.1 Å². The number of rotatable bonds is 6. The average molecular weight is 264 g/mol. The largest absolute Gasteiger partial charge is 0.284 e. The minimum absolute atomic E-state index is 0.669. The van der Waals surface area contributed by atoms with Crippen molar-refractivity contribution in [3.8, 4) is 0 Å². The molecule has 0 aromatic heterocycles. The summed E-state index contributed by atoms with van der Waals surface area (Å²) in [5.41, 5.74) is 2.90. The van der Waals surface area contributed by atoms with Crippen LogP contribution in [0.15, 0.2) is 24.3 Å². The van der Waals surface area contributed by atoms with Crippen LogP contribution in [0.3, 0.4) is 0 Å². The van der Waals surface area contributed by atoms with Crippen molar-refractivity contribution < 1.29 is 8.97 Å². The molecule has 1 rings (SSSR count). The summed E-state index contributed by atoms with van der Waals surface area (Å²) in [4.78, 5) is 0. The lowest BCUT2D eigenvalue weighted by Gasteiger charge is -2.36. The van der Waals surface area contributed by atoms with Gasteiger partial charge in [-0.2, -0.15) is 0 Å². The van der Waals surface area contributed by atoms with Crippen LogP contribution in [0.5, 0.6) is 0 Å². The molecule has 0 saturated heterocycles. The van der Waals surface area contributed by atoms with Gasteiger partial charge in [0.15, 0.2) is 0 Å². The van der Waals surface area contributed by atoms with Crippen LogP contribution in [0.1, 0.15) is 37.3 Å². The van der Waals surface area contributed by atoms with Crippen LogP contribution in [-0.2, 0) is 6.54 Å². The molecule has 0 radical (unpaired) electrons. The predicted octanol–water partition coefficient (Wildman–Crippen LogP) is 3.44. The van der Waals surface area contributed by atoms with Gasteiger partial charge >= 0.3 is 0 Å². The molecule has 1 aromatic rings. The van der Waals surface area contributed by atoms with Crippen molar-refractivity contribution in [1.82, 2.24) is 0 Å². The summed E-state index contributed by atoms with van der Waals surface area (Å²) in [6, 6.07) is 9.21. The molecule has 0 aliphatic heterocycles. The monoisotopic (exact) mass is 264 g/mol. The molecule has 19 heavy (non-hydrogen) atoms. The predicted molar refractivity (Wildman–Crippen MR) is 83.9 cm³/mol. The normalized spacial score (nSPS) is 14.5.